The van der Waals surface area contributed by atoms with Crippen LogP contribution in [0.3, 0.4) is 0 Å². The first-order chi connectivity index (χ1) is 17.2. The molecule has 0 aliphatic carbocycles. The Bertz CT molecular complexity index is 1480. The summed E-state index contributed by atoms with van der Waals surface area (Å²) in [5.41, 5.74) is 6.22. The van der Waals surface area contributed by atoms with Crippen LogP contribution >= 0.6 is 0 Å². The van der Waals surface area contributed by atoms with Gasteiger partial charge in [0, 0.05) is 23.0 Å². The SMILES string of the molecule is COc1ccc(-c2cn(-c3ccccc3)c(=Nc3ccccc3)nc2-c2ccc(OC)cc2)cc1. The van der Waals surface area contributed by atoms with Gasteiger partial charge in [-0.1, -0.05) is 48.5 Å². The molecule has 1 heterocycles. The second kappa shape index (κ2) is 10.1. The van der Waals surface area contributed by atoms with Crippen molar-refractivity contribution in [3.63, 3.8) is 0 Å². The Morgan fingerprint density at radius 2 is 1.17 bits per heavy atom. The molecule has 0 atom stereocenters. The van der Waals surface area contributed by atoms with Crippen molar-refractivity contribution in [2.45, 2.75) is 0 Å². The van der Waals surface area contributed by atoms with Crippen LogP contribution in [0.2, 0.25) is 0 Å². The number of methoxy groups -OCH3 is 2. The zero-order valence-corrected chi connectivity index (χ0v) is 19.6. The van der Waals surface area contributed by atoms with Gasteiger partial charge in [-0.3, -0.25) is 4.57 Å². The van der Waals surface area contributed by atoms with Gasteiger partial charge in [0.2, 0.25) is 5.62 Å². The minimum absolute atomic E-state index is 0.588. The molecule has 172 valence electrons. The van der Waals surface area contributed by atoms with E-state index >= 15 is 0 Å². The Balaban J connectivity index is 1.80. The van der Waals surface area contributed by atoms with E-state index in [4.69, 9.17) is 19.5 Å². The van der Waals surface area contributed by atoms with Crippen molar-refractivity contribution in [3.8, 4) is 39.6 Å². The smallest absolute Gasteiger partial charge is 0.235 e. The maximum Gasteiger partial charge on any atom is 0.235 e. The first-order valence-electron chi connectivity index (χ1n) is 11.3. The first-order valence-corrected chi connectivity index (χ1v) is 11.3. The van der Waals surface area contributed by atoms with Crippen LogP contribution in [-0.4, -0.2) is 23.8 Å². The monoisotopic (exact) mass is 459 g/mol. The molecule has 0 saturated heterocycles. The van der Waals surface area contributed by atoms with E-state index in [1.807, 2.05) is 102 Å². The summed E-state index contributed by atoms with van der Waals surface area (Å²) in [5, 5.41) is 0. The highest BCUT2D eigenvalue weighted by Crippen LogP contribution is 2.32. The molecule has 4 aromatic carbocycles. The van der Waals surface area contributed by atoms with Gasteiger partial charge in [-0.25, -0.2) is 9.98 Å². The highest BCUT2D eigenvalue weighted by molar-refractivity contribution is 5.80. The third-order valence-corrected chi connectivity index (χ3v) is 5.72. The zero-order valence-electron chi connectivity index (χ0n) is 19.6. The molecule has 1 aromatic heterocycles. The Kier molecular flexibility index (Phi) is 6.39. The van der Waals surface area contributed by atoms with Crippen molar-refractivity contribution in [3.05, 3.63) is 121 Å². The van der Waals surface area contributed by atoms with E-state index in [-0.39, 0.29) is 0 Å². The van der Waals surface area contributed by atoms with Crippen molar-refractivity contribution < 1.29 is 9.47 Å². The summed E-state index contributed by atoms with van der Waals surface area (Å²) in [6, 6.07) is 36.0. The molecule has 0 radical (unpaired) electrons. The number of aromatic nitrogens is 2. The normalized spacial score (nSPS) is 11.3. The van der Waals surface area contributed by atoms with Crippen molar-refractivity contribution in [2.24, 2.45) is 4.99 Å². The summed E-state index contributed by atoms with van der Waals surface area (Å²) in [5.74, 6) is 1.60. The number of rotatable bonds is 6. The molecular weight excluding hydrogens is 434 g/mol. The van der Waals surface area contributed by atoms with Gasteiger partial charge < -0.3 is 9.47 Å². The van der Waals surface area contributed by atoms with E-state index in [0.29, 0.717) is 5.62 Å². The minimum Gasteiger partial charge on any atom is -0.497 e. The fraction of sp³-hybridized carbons (Fsp3) is 0.0667. The third-order valence-electron chi connectivity index (χ3n) is 5.72. The van der Waals surface area contributed by atoms with E-state index in [0.717, 1.165) is 45.3 Å². The van der Waals surface area contributed by atoms with E-state index < -0.39 is 0 Å². The fourth-order valence-electron chi connectivity index (χ4n) is 3.89. The lowest BCUT2D eigenvalue weighted by Gasteiger charge is -2.15. The van der Waals surface area contributed by atoms with Crippen LogP contribution in [-0.2, 0) is 0 Å². The fourth-order valence-corrected chi connectivity index (χ4v) is 3.89. The molecule has 5 aromatic rings. The van der Waals surface area contributed by atoms with Gasteiger partial charge >= 0.3 is 0 Å². The summed E-state index contributed by atoms with van der Waals surface area (Å²) in [7, 11) is 3.33. The molecule has 5 rings (SSSR count). The lowest BCUT2D eigenvalue weighted by molar-refractivity contribution is 0.414. The van der Waals surface area contributed by atoms with Crippen LogP contribution in [0, 0.1) is 0 Å². The van der Waals surface area contributed by atoms with E-state index in [1.165, 1.54) is 0 Å². The maximum atomic E-state index is 5.37. The predicted octanol–water partition coefficient (Wildman–Crippen LogP) is 6.46. The molecule has 0 spiro atoms. The van der Waals surface area contributed by atoms with Crippen LogP contribution in [0.1, 0.15) is 0 Å². The van der Waals surface area contributed by atoms with Crippen molar-refractivity contribution in [2.75, 3.05) is 14.2 Å². The van der Waals surface area contributed by atoms with Gasteiger partial charge in [0.25, 0.3) is 0 Å². The molecule has 0 saturated carbocycles. The van der Waals surface area contributed by atoms with E-state index in [9.17, 15) is 0 Å². The van der Waals surface area contributed by atoms with E-state index in [1.54, 1.807) is 14.2 Å². The summed E-state index contributed by atoms with van der Waals surface area (Å²) < 4.78 is 12.8. The van der Waals surface area contributed by atoms with Crippen LogP contribution in [0.4, 0.5) is 5.69 Å². The van der Waals surface area contributed by atoms with Gasteiger partial charge in [-0.05, 0) is 66.2 Å². The quantitative estimate of drug-likeness (QED) is 0.293. The van der Waals surface area contributed by atoms with Crippen molar-refractivity contribution in [1.82, 2.24) is 9.55 Å². The first kappa shape index (κ1) is 22.2. The predicted molar refractivity (Wildman–Crippen MR) is 139 cm³/mol. The average Bonchev–Trinajstić information content (AvgIpc) is 2.94. The number of hydrogen-bond acceptors (Lipinski definition) is 4. The number of benzene rings is 4. The van der Waals surface area contributed by atoms with Gasteiger partial charge in [0.1, 0.15) is 11.5 Å². The van der Waals surface area contributed by atoms with Gasteiger partial charge in [-0.2, -0.15) is 0 Å². The number of ether oxygens (including phenoxy) is 2. The summed E-state index contributed by atoms with van der Waals surface area (Å²) in [6.45, 7) is 0. The molecule has 0 unspecified atom stereocenters. The van der Waals surface area contributed by atoms with Crippen molar-refractivity contribution in [1.29, 1.82) is 0 Å². The van der Waals surface area contributed by atoms with Crippen LogP contribution < -0.4 is 15.1 Å². The molecule has 5 nitrogen and oxygen atoms in total. The number of hydrogen-bond donors (Lipinski definition) is 0. The lowest BCUT2D eigenvalue weighted by Crippen LogP contribution is -2.23. The Morgan fingerprint density at radius 1 is 0.629 bits per heavy atom. The molecule has 35 heavy (non-hydrogen) atoms. The summed E-state index contributed by atoms with van der Waals surface area (Å²) in [6.07, 6.45) is 2.10. The highest BCUT2D eigenvalue weighted by atomic mass is 16.5. The second-order valence-corrected chi connectivity index (χ2v) is 7.91. The van der Waals surface area contributed by atoms with Crippen LogP contribution in [0.25, 0.3) is 28.1 Å². The van der Waals surface area contributed by atoms with Gasteiger partial charge in [0.15, 0.2) is 0 Å². The highest BCUT2D eigenvalue weighted by Gasteiger charge is 2.14. The Morgan fingerprint density at radius 3 is 1.74 bits per heavy atom. The molecule has 0 amide bonds. The second-order valence-electron chi connectivity index (χ2n) is 7.91. The molecule has 0 fully saturated rings. The topological polar surface area (TPSA) is 48.6 Å². The van der Waals surface area contributed by atoms with Crippen molar-refractivity contribution >= 4 is 5.69 Å². The van der Waals surface area contributed by atoms with Crippen LogP contribution in [0.15, 0.2) is 120 Å². The summed E-state index contributed by atoms with van der Waals surface area (Å²) in [4.78, 5) is 10.0. The minimum atomic E-state index is 0.588. The maximum absolute atomic E-state index is 5.37. The van der Waals surface area contributed by atoms with E-state index in [2.05, 4.69) is 18.3 Å². The number of nitrogens with zero attached hydrogens (tertiary/aromatic N) is 3. The molecule has 0 aliphatic heterocycles. The molecule has 5 heteroatoms. The number of para-hydroxylation sites is 2. The summed E-state index contributed by atoms with van der Waals surface area (Å²) >= 11 is 0. The molecule has 0 bridgehead atoms. The molecule has 0 aliphatic rings. The molecule has 0 N–H and O–H groups in total. The standard InChI is InChI=1S/C30H25N3O2/c1-34-26-17-13-22(14-18-26)28-21-33(25-11-7-4-8-12-25)30(31-24-9-5-3-6-10-24)32-29(28)23-15-19-27(35-2)20-16-23/h3-21H,1-2H3. The Hall–Kier alpha value is -4.64. The zero-order chi connectivity index (χ0) is 24.0. The largest absolute Gasteiger partial charge is 0.497 e. The third kappa shape index (κ3) is 4.84. The lowest BCUT2D eigenvalue weighted by atomic mass is 10.0. The molecular formula is C30H25N3O2. The van der Waals surface area contributed by atoms with Crippen LogP contribution in [0.5, 0.6) is 11.5 Å². The van der Waals surface area contributed by atoms with Gasteiger partial charge in [-0.15, -0.1) is 0 Å². The average molecular weight is 460 g/mol. The van der Waals surface area contributed by atoms with Gasteiger partial charge in [0.05, 0.1) is 25.6 Å². The Labute approximate surface area is 204 Å².